The predicted octanol–water partition coefficient (Wildman–Crippen LogP) is 3.50. The lowest BCUT2D eigenvalue weighted by Crippen LogP contribution is -2.23. The minimum absolute atomic E-state index is 0.302. The first-order chi connectivity index (χ1) is 8.15. The molecule has 1 rings (SSSR count). The zero-order valence-corrected chi connectivity index (χ0v) is 11.5. The Balaban J connectivity index is 2.40. The molecule has 0 fully saturated rings. The molecule has 0 aliphatic carbocycles. The quantitative estimate of drug-likeness (QED) is 0.754. The molecule has 1 unspecified atom stereocenters. The van der Waals surface area contributed by atoms with Crippen LogP contribution in [0, 0.1) is 0 Å². The van der Waals surface area contributed by atoms with Crippen LogP contribution < -0.4 is 0 Å². The minimum atomic E-state index is 0.302. The van der Waals surface area contributed by atoms with Crippen molar-refractivity contribution in [2.45, 2.75) is 32.2 Å². The van der Waals surface area contributed by atoms with Crippen LogP contribution in [0.5, 0.6) is 0 Å². The van der Waals surface area contributed by atoms with Crippen molar-refractivity contribution in [3.8, 4) is 0 Å². The predicted molar refractivity (Wildman–Crippen MR) is 73.4 cm³/mol. The molecule has 0 bridgehead atoms. The molecule has 0 saturated heterocycles. The van der Waals surface area contributed by atoms with Crippen LogP contribution in [0.2, 0.25) is 5.02 Å². The number of aliphatic hydroxyl groups is 1. The first-order valence-electron chi connectivity index (χ1n) is 6.21. The summed E-state index contributed by atoms with van der Waals surface area (Å²) in [6, 6.07) is 8.44. The topological polar surface area (TPSA) is 23.5 Å². The first-order valence-corrected chi connectivity index (χ1v) is 6.59. The van der Waals surface area contributed by atoms with Crippen LogP contribution in [0.15, 0.2) is 24.3 Å². The van der Waals surface area contributed by atoms with Gasteiger partial charge in [-0.3, -0.25) is 4.90 Å². The van der Waals surface area contributed by atoms with Gasteiger partial charge < -0.3 is 5.11 Å². The maximum atomic E-state index is 8.72. The van der Waals surface area contributed by atoms with E-state index in [1.807, 2.05) is 12.1 Å². The summed E-state index contributed by atoms with van der Waals surface area (Å²) in [5.41, 5.74) is 1.29. The van der Waals surface area contributed by atoms with E-state index >= 15 is 0 Å². The Morgan fingerprint density at radius 1 is 1.18 bits per heavy atom. The van der Waals surface area contributed by atoms with Gasteiger partial charge in [0.1, 0.15) is 0 Å². The van der Waals surface area contributed by atoms with E-state index in [2.05, 4.69) is 31.0 Å². The molecular weight excluding hydrogens is 234 g/mol. The third-order valence-electron chi connectivity index (χ3n) is 3.18. The average Bonchev–Trinajstić information content (AvgIpc) is 2.34. The Morgan fingerprint density at radius 3 is 2.41 bits per heavy atom. The summed E-state index contributed by atoms with van der Waals surface area (Å²) in [6.45, 7) is 3.57. The van der Waals surface area contributed by atoms with Crippen LogP contribution in [0.4, 0.5) is 0 Å². The number of hydrogen-bond donors (Lipinski definition) is 1. The fourth-order valence-corrected chi connectivity index (χ4v) is 1.97. The molecule has 0 aliphatic heterocycles. The van der Waals surface area contributed by atoms with Gasteiger partial charge in [0.05, 0.1) is 0 Å². The molecule has 0 heterocycles. The van der Waals surface area contributed by atoms with Crippen LogP contribution in [-0.4, -0.2) is 30.2 Å². The van der Waals surface area contributed by atoms with Crippen LogP contribution in [0.3, 0.4) is 0 Å². The van der Waals surface area contributed by atoms with Gasteiger partial charge in [-0.15, -0.1) is 0 Å². The average molecular weight is 256 g/mol. The maximum absolute atomic E-state index is 8.72. The summed E-state index contributed by atoms with van der Waals surface area (Å²) in [7, 11) is 2.14. The van der Waals surface area contributed by atoms with Gasteiger partial charge in [-0.1, -0.05) is 23.7 Å². The van der Waals surface area contributed by atoms with Gasteiger partial charge >= 0.3 is 0 Å². The molecule has 0 amide bonds. The van der Waals surface area contributed by atoms with E-state index in [0.29, 0.717) is 12.6 Å². The molecule has 0 aromatic heterocycles. The van der Waals surface area contributed by atoms with Crippen LogP contribution in [-0.2, 0) is 0 Å². The lowest BCUT2D eigenvalue weighted by molar-refractivity contribution is 0.244. The van der Waals surface area contributed by atoms with Gasteiger partial charge in [0.2, 0.25) is 0 Å². The largest absolute Gasteiger partial charge is 0.396 e. The van der Waals surface area contributed by atoms with Crippen molar-refractivity contribution in [1.29, 1.82) is 0 Å². The SMILES string of the molecule is CC(c1ccc(Cl)cc1)N(C)CCCCCO. The highest BCUT2D eigenvalue weighted by Gasteiger charge is 2.10. The number of hydrogen-bond acceptors (Lipinski definition) is 2. The molecule has 3 heteroatoms. The zero-order chi connectivity index (χ0) is 12.7. The Kier molecular flexibility index (Phi) is 6.56. The Labute approximate surface area is 109 Å². The second-order valence-electron chi connectivity index (χ2n) is 4.49. The third-order valence-corrected chi connectivity index (χ3v) is 3.43. The van der Waals surface area contributed by atoms with E-state index < -0.39 is 0 Å². The van der Waals surface area contributed by atoms with Gasteiger partial charge in [0, 0.05) is 17.7 Å². The third kappa shape index (κ3) is 5.07. The summed E-state index contributed by atoms with van der Waals surface area (Å²) in [4.78, 5) is 2.33. The van der Waals surface area contributed by atoms with E-state index in [9.17, 15) is 0 Å². The lowest BCUT2D eigenvalue weighted by atomic mass is 10.1. The van der Waals surface area contributed by atoms with Crippen molar-refractivity contribution < 1.29 is 5.11 Å². The van der Waals surface area contributed by atoms with Gasteiger partial charge in [-0.2, -0.15) is 0 Å². The second-order valence-corrected chi connectivity index (χ2v) is 4.93. The molecule has 17 heavy (non-hydrogen) atoms. The second kappa shape index (κ2) is 7.70. The smallest absolute Gasteiger partial charge is 0.0431 e. The van der Waals surface area contributed by atoms with Crippen molar-refractivity contribution >= 4 is 11.6 Å². The molecule has 1 N–H and O–H groups in total. The van der Waals surface area contributed by atoms with Crippen LogP contribution in [0.1, 0.15) is 37.8 Å². The van der Waals surface area contributed by atoms with E-state index in [-0.39, 0.29) is 0 Å². The summed E-state index contributed by atoms with van der Waals surface area (Å²) in [6.07, 6.45) is 3.13. The number of halogens is 1. The highest BCUT2D eigenvalue weighted by Crippen LogP contribution is 2.21. The highest BCUT2D eigenvalue weighted by atomic mass is 35.5. The summed E-state index contributed by atoms with van der Waals surface area (Å²) in [5.74, 6) is 0. The van der Waals surface area contributed by atoms with Crippen LogP contribution >= 0.6 is 11.6 Å². The fourth-order valence-electron chi connectivity index (χ4n) is 1.84. The molecule has 1 aromatic rings. The molecule has 0 saturated carbocycles. The fraction of sp³-hybridized carbons (Fsp3) is 0.571. The number of aliphatic hydroxyl groups excluding tert-OH is 1. The molecule has 0 radical (unpaired) electrons. The van der Waals surface area contributed by atoms with E-state index in [1.165, 1.54) is 5.56 Å². The highest BCUT2D eigenvalue weighted by molar-refractivity contribution is 6.30. The molecule has 1 atom stereocenters. The van der Waals surface area contributed by atoms with Crippen molar-refractivity contribution in [2.24, 2.45) is 0 Å². The van der Waals surface area contributed by atoms with E-state index in [1.54, 1.807) is 0 Å². The number of nitrogens with zero attached hydrogens (tertiary/aromatic N) is 1. The van der Waals surface area contributed by atoms with Crippen molar-refractivity contribution in [2.75, 3.05) is 20.2 Å². The Morgan fingerprint density at radius 2 is 1.82 bits per heavy atom. The van der Waals surface area contributed by atoms with Gasteiger partial charge in [-0.25, -0.2) is 0 Å². The Hall–Kier alpha value is -0.570. The lowest BCUT2D eigenvalue weighted by Gasteiger charge is -2.25. The zero-order valence-electron chi connectivity index (χ0n) is 10.7. The van der Waals surface area contributed by atoms with E-state index in [4.69, 9.17) is 16.7 Å². The van der Waals surface area contributed by atoms with Gasteiger partial charge in [0.15, 0.2) is 0 Å². The standard InChI is InChI=1S/C14H22ClNO/c1-12(13-6-8-14(15)9-7-13)16(2)10-4-3-5-11-17/h6-9,12,17H,3-5,10-11H2,1-2H3. The maximum Gasteiger partial charge on any atom is 0.0431 e. The van der Waals surface area contributed by atoms with Gasteiger partial charge in [-0.05, 0) is 57.5 Å². The van der Waals surface area contributed by atoms with E-state index in [0.717, 1.165) is 30.8 Å². The number of unbranched alkanes of at least 4 members (excludes halogenated alkanes) is 2. The monoisotopic (exact) mass is 255 g/mol. The molecule has 96 valence electrons. The Bertz CT molecular complexity index is 313. The normalized spacial score (nSPS) is 13.0. The molecular formula is C14H22ClNO. The number of rotatable bonds is 7. The van der Waals surface area contributed by atoms with Crippen molar-refractivity contribution in [3.63, 3.8) is 0 Å². The van der Waals surface area contributed by atoms with Crippen molar-refractivity contribution in [3.05, 3.63) is 34.9 Å². The summed E-state index contributed by atoms with van der Waals surface area (Å²) >= 11 is 5.88. The molecule has 1 aromatic carbocycles. The summed E-state index contributed by atoms with van der Waals surface area (Å²) in [5, 5.41) is 9.50. The summed E-state index contributed by atoms with van der Waals surface area (Å²) < 4.78 is 0. The first kappa shape index (κ1) is 14.5. The molecule has 0 aliphatic rings. The van der Waals surface area contributed by atoms with Crippen LogP contribution in [0.25, 0.3) is 0 Å². The molecule has 2 nitrogen and oxygen atoms in total. The van der Waals surface area contributed by atoms with Gasteiger partial charge in [0.25, 0.3) is 0 Å². The van der Waals surface area contributed by atoms with Crippen molar-refractivity contribution in [1.82, 2.24) is 4.90 Å². The molecule has 0 spiro atoms. The number of benzene rings is 1. The minimum Gasteiger partial charge on any atom is -0.396 e.